The van der Waals surface area contributed by atoms with Gasteiger partial charge in [-0.3, -0.25) is 0 Å². The van der Waals surface area contributed by atoms with Crippen LogP contribution in [0.15, 0.2) is 12.1 Å². The molecule has 3 aromatic rings. The average molecular weight is 512 g/mol. The van der Waals surface area contributed by atoms with E-state index < -0.39 is 98.5 Å². The highest BCUT2D eigenvalue weighted by molar-refractivity contribution is 6.96. The quantitative estimate of drug-likeness (QED) is 0.219. The molecule has 0 saturated heterocycles. The normalized spacial score (nSPS) is 11.0. The molecular formula is C21H11BF10O3. The Morgan fingerprint density at radius 2 is 0.914 bits per heavy atom. The Hall–Kier alpha value is -3.58. The lowest BCUT2D eigenvalue weighted by atomic mass is 9.35. The van der Waals surface area contributed by atoms with Crippen LogP contribution in [0.5, 0.6) is 17.2 Å². The van der Waals surface area contributed by atoms with E-state index >= 15 is 8.78 Å². The van der Waals surface area contributed by atoms with E-state index in [1.54, 1.807) is 0 Å². The average Bonchev–Trinajstić information content (AvgIpc) is 2.81. The van der Waals surface area contributed by atoms with Crippen molar-refractivity contribution in [2.75, 3.05) is 21.3 Å². The SMILES string of the molecule is COc1cc(F)cc(F)c1B(c1c(F)c(F)c(F)c(OC)c1F)c1c(F)c(F)c(F)c(OC)c1F. The predicted molar refractivity (Wildman–Crippen MR) is 103 cm³/mol. The van der Waals surface area contributed by atoms with Crippen LogP contribution in [0.4, 0.5) is 43.9 Å². The van der Waals surface area contributed by atoms with Crippen molar-refractivity contribution in [2.45, 2.75) is 0 Å². The van der Waals surface area contributed by atoms with E-state index in [1.807, 2.05) is 0 Å². The van der Waals surface area contributed by atoms with Gasteiger partial charge in [-0.15, -0.1) is 0 Å². The summed E-state index contributed by atoms with van der Waals surface area (Å²) in [5.41, 5.74) is -4.84. The molecule has 35 heavy (non-hydrogen) atoms. The summed E-state index contributed by atoms with van der Waals surface area (Å²) in [6.45, 7) is -2.89. The van der Waals surface area contributed by atoms with Crippen molar-refractivity contribution in [1.29, 1.82) is 0 Å². The van der Waals surface area contributed by atoms with Gasteiger partial charge in [0.1, 0.15) is 17.4 Å². The largest absolute Gasteiger partial charge is 0.497 e. The third-order valence-corrected chi connectivity index (χ3v) is 5.06. The molecule has 186 valence electrons. The van der Waals surface area contributed by atoms with Crippen LogP contribution in [-0.2, 0) is 0 Å². The summed E-state index contributed by atoms with van der Waals surface area (Å²) in [4.78, 5) is 0. The number of rotatable bonds is 6. The zero-order valence-corrected chi connectivity index (χ0v) is 17.7. The fourth-order valence-electron chi connectivity index (χ4n) is 3.57. The molecule has 3 aromatic carbocycles. The Bertz CT molecular complexity index is 1260. The molecule has 14 heteroatoms. The predicted octanol–water partition coefficient (Wildman–Crippen LogP) is 3.62. The van der Waals surface area contributed by atoms with Crippen molar-refractivity contribution < 1.29 is 58.1 Å². The molecular weight excluding hydrogens is 501 g/mol. The lowest BCUT2D eigenvalue weighted by Gasteiger charge is -2.23. The highest BCUT2D eigenvalue weighted by atomic mass is 19.2. The van der Waals surface area contributed by atoms with Gasteiger partial charge in [0.05, 0.1) is 21.3 Å². The minimum atomic E-state index is -2.89. The second kappa shape index (κ2) is 9.58. The molecule has 0 heterocycles. The van der Waals surface area contributed by atoms with Crippen LogP contribution >= 0.6 is 0 Å². The van der Waals surface area contributed by atoms with Crippen molar-refractivity contribution in [1.82, 2.24) is 0 Å². The van der Waals surface area contributed by atoms with Crippen LogP contribution in [0.1, 0.15) is 0 Å². The number of hydrogen-bond acceptors (Lipinski definition) is 3. The molecule has 3 nitrogen and oxygen atoms in total. The first-order valence-corrected chi connectivity index (χ1v) is 9.25. The number of methoxy groups -OCH3 is 3. The molecule has 0 unspecified atom stereocenters. The third-order valence-electron chi connectivity index (χ3n) is 5.06. The molecule has 0 radical (unpaired) electrons. The van der Waals surface area contributed by atoms with Crippen molar-refractivity contribution in [3.63, 3.8) is 0 Å². The second-order valence-electron chi connectivity index (χ2n) is 6.84. The van der Waals surface area contributed by atoms with Gasteiger partial charge in [-0.25, -0.2) is 35.1 Å². The number of ether oxygens (including phenoxy) is 3. The molecule has 0 bridgehead atoms. The lowest BCUT2D eigenvalue weighted by molar-refractivity contribution is 0.337. The van der Waals surface area contributed by atoms with Gasteiger partial charge in [-0.1, -0.05) is 0 Å². The number of hydrogen-bond donors (Lipinski definition) is 0. The minimum absolute atomic E-state index is 0.102. The molecule has 0 amide bonds. The standard InChI is InChI=1S/C21H11BF10O3/c1-33-8-5-6(23)4-7(24)9(8)22(10-12(25)16(29)18(31)20(34-2)14(10)27)11-13(26)17(30)19(32)21(35-3)15(11)28/h4-5H,1-3H3. The zero-order valence-electron chi connectivity index (χ0n) is 17.7. The summed E-state index contributed by atoms with van der Waals surface area (Å²) in [6.07, 6.45) is 0. The van der Waals surface area contributed by atoms with Crippen LogP contribution < -0.4 is 30.6 Å². The van der Waals surface area contributed by atoms with Crippen molar-refractivity contribution >= 4 is 23.1 Å². The smallest absolute Gasteiger partial charge is 0.265 e. The second-order valence-corrected chi connectivity index (χ2v) is 6.84. The van der Waals surface area contributed by atoms with Gasteiger partial charge in [0, 0.05) is 28.5 Å². The van der Waals surface area contributed by atoms with Crippen molar-refractivity contribution in [3.05, 3.63) is 70.3 Å². The molecule has 0 aromatic heterocycles. The fourth-order valence-corrected chi connectivity index (χ4v) is 3.57. The monoisotopic (exact) mass is 512 g/mol. The van der Waals surface area contributed by atoms with Crippen LogP contribution in [-0.4, -0.2) is 28.0 Å². The van der Waals surface area contributed by atoms with E-state index in [0.29, 0.717) is 20.3 Å². The number of benzene rings is 3. The molecule has 0 aliphatic carbocycles. The van der Waals surface area contributed by atoms with E-state index in [9.17, 15) is 35.1 Å². The Kier molecular flexibility index (Phi) is 7.13. The van der Waals surface area contributed by atoms with Gasteiger partial charge >= 0.3 is 0 Å². The van der Waals surface area contributed by atoms with Crippen LogP contribution in [0, 0.1) is 58.2 Å². The molecule has 0 saturated carbocycles. The first-order valence-electron chi connectivity index (χ1n) is 9.25. The minimum Gasteiger partial charge on any atom is -0.497 e. The third kappa shape index (κ3) is 4.00. The molecule has 0 spiro atoms. The van der Waals surface area contributed by atoms with E-state index in [-0.39, 0.29) is 6.07 Å². The van der Waals surface area contributed by atoms with Crippen LogP contribution in [0.25, 0.3) is 0 Å². The Morgan fingerprint density at radius 3 is 1.29 bits per heavy atom. The summed E-state index contributed by atoms with van der Waals surface area (Å²) in [6, 6.07) is 0.524. The summed E-state index contributed by atoms with van der Waals surface area (Å²) in [5, 5.41) is 0. The Balaban J connectivity index is 2.65. The van der Waals surface area contributed by atoms with E-state index in [1.165, 1.54) is 0 Å². The maximum absolute atomic E-state index is 15.2. The zero-order chi connectivity index (χ0) is 26.4. The maximum atomic E-state index is 15.2. The van der Waals surface area contributed by atoms with Crippen LogP contribution in [0.3, 0.4) is 0 Å². The lowest BCUT2D eigenvalue weighted by Crippen LogP contribution is -2.59. The van der Waals surface area contributed by atoms with Gasteiger partial charge < -0.3 is 14.2 Å². The molecule has 0 aliphatic rings. The topological polar surface area (TPSA) is 27.7 Å². The maximum Gasteiger partial charge on any atom is 0.265 e. The van der Waals surface area contributed by atoms with E-state index in [2.05, 4.69) is 9.47 Å². The molecule has 0 atom stereocenters. The first kappa shape index (κ1) is 26.0. The molecule has 0 N–H and O–H groups in total. The van der Waals surface area contributed by atoms with Crippen molar-refractivity contribution in [2.24, 2.45) is 0 Å². The van der Waals surface area contributed by atoms with Gasteiger partial charge in [-0.2, -0.15) is 8.78 Å². The highest BCUT2D eigenvalue weighted by Gasteiger charge is 2.43. The van der Waals surface area contributed by atoms with Crippen molar-refractivity contribution in [3.8, 4) is 17.2 Å². The summed E-state index contributed by atoms with van der Waals surface area (Å²) < 4.78 is 159. The molecule has 0 fully saturated rings. The summed E-state index contributed by atoms with van der Waals surface area (Å²) in [7, 11) is 2.04. The van der Waals surface area contributed by atoms with Crippen LogP contribution in [0.2, 0.25) is 0 Å². The van der Waals surface area contributed by atoms with E-state index in [0.717, 1.165) is 7.11 Å². The van der Waals surface area contributed by atoms with Gasteiger partial charge in [0.2, 0.25) is 11.6 Å². The molecule has 0 aliphatic heterocycles. The fraction of sp³-hybridized carbons (Fsp3) is 0.143. The molecule has 3 rings (SSSR count). The van der Waals surface area contributed by atoms with Gasteiger partial charge in [-0.05, 0) is 0 Å². The van der Waals surface area contributed by atoms with Gasteiger partial charge in [0.25, 0.3) is 6.71 Å². The van der Waals surface area contributed by atoms with E-state index in [4.69, 9.17) is 4.74 Å². The Morgan fingerprint density at radius 1 is 0.486 bits per heavy atom. The number of halogens is 10. The highest BCUT2D eigenvalue weighted by Crippen LogP contribution is 2.29. The summed E-state index contributed by atoms with van der Waals surface area (Å²) >= 11 is 0. The van der Waals surface area contributed by atoms with Gasteiger partial charge in [0.15, 0.2) is 46.4 Å². The summed E-state index contributed by atoms with van der Waals surface area (Å²) in [5.74, 6) is -25.5. The first-order chi connectivity index (χ1) is 16.4. The Labute approximate surface area is 190 Å².